The minimum absolute atomic E-state index is 0.505. The van der Waals surface area contributed by atoms with Crippen LogP contribution in [0.2, 0.25) is 0 Å². The normalized spacial score (nSPS) is 12.2. The zero-order valence-corrected chi connectivity index (χ0v) is 11.4. The molecule has 0 aromatic carbocycles. The van der Waals surface area contributed by atoms with Gasteiger partial charge in [-0.2, -0.15) is 0 Å². The van der Waals surface area contributed by atoms with Crippen LogP contribution in [0.3, 0.4) is 0 Å². The molecule has 0 spiro atoms. The summed E-state index contributed by atoms with van der Waals surface area (Å²) in [5.41, 5.74) is 1.17. The van der Waals surface area contributed by atoms with E-state index in [1.807, 2.05) is 7.05 Å². The molecule has 0 bridgehead atoms. The van der Waals surface area contributed by atoms with Crippen molar-refractivity contribution in [2.75, 3.05) is 17.7 Å². The van der Waals surface area contributed by atoms with Crippen molar-refractivity contribution < 1.29 is 0 Å². The Morgan fingerprint density at radius 1 is 1.18 bits per heavy atom. The fraction of sp³-hybridized carbons (Fsp3) is 0.692. The zero-order chi connectivity index (χ0) is 12.7. The molecule has 1 rings (SSSR count). The van der Waals surface area contributed by atoms with Crippen LogP contribution in [-0.2, 0) is 6.42 Å². The van der Waals surface area contributed by atoms with E-state index in [0.29, 0.717) is 6.04 Å². The van der Waals surface area contributed by atoms with Gasteiger partial charge in [-0.05, 0) is 19.3 Å². The highest BCUT2D eigenvalue weighted by molar-refractivity contribution is 5.57. The minimum atomic E-state index is 0.505. The molecule has 1 unspecified atom stereocenters. The van der Waals surface area contributed by atoms with Crippen LogP contribution < -0.4 is 10.6 Å². The predicted octanol–water partition coefficient (Wildman–Crippen LogP) is 3.07. The molecule has 0 aliphatic rings. The third-order valence-corrected chi connectivity index (χ3v) is 3.01. The van der Waals surface area contributed by atoms with Gasteiger partial charge in [0.1, 0.15) is 18.0 Å². The number of rotatable bonds is 7. The van der Waals surface area contributed by atoms with Crippen LogP contribution in [-0.4, -0.2) is 23.1 Å². The summed E-state index contributed by atoms with van der Waals surface area (Å²) in [5, 5.41) is 6.65. The first-order valence-electron chi connectivity index (χ1n) is 6.54. The first kappa shape index (κ1) is 13.7. The van der Waals surface area contributed by atoms with E-state index in [1.165, 1.54) is 18.4 Å². The monoisotopic (exact) mass is 236 g/mol. The van der Waals surface area contributed by atoms with E-state index in [-0.39, 0.29) is 0 Å². The lowest BCUT2D eigenvalue weighted by Crippen LogP contribution is -2.20. The van der Waals surface area contributed by atoms with Gasteiger partial charge in [0.25, 0.3) is 0 Å². The quantitative estimate of drug-likeness (QED) is 0.764. The van der Waals surface area contributed by atoms with Crippen LogP contribution in [0.25, 0.3) is 0 Å². The number of hydrogen-bond donors (Lipinski definition) is 2. The molecule has 4 heteroatoms. The molecule has 96 valence electrons. The number of nitrogens with one attached hydrogen (secondary N) is 2. The Labute approximate surface area is 104 Å². The molecule has 0 aliphatic carbocycles. The summed E-state index contributed by atoms with van der Waals surface area (Å²) < 4.78 is 0. The topological polar surface area (TPSA) is 49.8 Å². The molecule has 0 saturated heterocycles. The minimum Gasteiger partial charge on any atom is -0.373 e. The van der Waals surface area contributed by atoms with E-state index in [1.54, 1.807) is 6.33 Å². The molecule has 0 amide bonds. The standard InChI is InChI=1S/C13H24N4/c1-5-8-10(6-2)17-13-11(7-3)12(14-4)15-9-16-13/h9-10H,5-8H2,1-4H3,(H2,14,15,16,17). The lowest BCUT2D eigenvalue weighted by atomic mass is 10.1. The van der Waals surface area contributed by atoms with Crippen molar-refractivity contribution in [1.29, 1.82) is 0 Å². The Bertz CT molecular complexity index is 338. The van der Waals surface area contributed by atoms with E-state index in [4.69, 9.17) is 0 Å². The van der Waals surface area contributed by atoms with Crippen molar-refractivity contribution in [3.05, 3.63) is 11.9 Å². The molecule has 0 saturated carbocycles. The Balaban J connectivity index is 2.88. The van der Waals surface area contributed by atoms with Crippen molar-refractivity contribution in [1.82, 2.24) is 9.97 Å². The smallest absolute Gasteiger partial charge is 0.134 e. The zero-order valence-electron chi connectivity index (χ0n) is 11.4. The molecule has 1 aromatic heterocycles. The van der Waals surface area contributed by atoms with Crippen molar-refractivity contribution in [2.24, 2.45) is 0 Å². The van der Waals surface area contributed by atoms with Crippen LogP contribution in [0.1, 0.15) is 45.6 Å². The molecule has 4 nitrogen and oxygen atoms in total. The van der Waals surface area contributed by atoms with Gasteiger partial charge in [-0.1, -0.05) is 27.2 Å². The van der Waals surface area contributed by atoms with Crippen molar-refractivity contribution in [3.8, 4) is 0 Å². The number of anilines is 2. The van der Waals surface area contributed by atoms with E-state index in [9.17, 15) is 0 Å². The fourth-order valence-electron chi connectivity index (χ4n) is 2.01. The first-order chi connectivity index (χ1) is 8.26. The lowest BCUT2D eigenvalue weighted by molar-refractivity contribution is 0.619. The molecular formula is C13H24N4. The molecule has 17 heavy (non-hydrogen) atoms. The Kier molecular flexibility index (Phi) is 5.73. The second kappa shape index (κ2) is 7.09. The average molecular weight is 236 g/mol. The van der Waals surface area contributed by atoms with E-state index in [0.717, 1.165) is 24.5 Å². The molecule has 0 radical (unpaired) electrons. The number of aromatic nitrogens is 2. The summed E-state index contributed by atoms with van der Waals surface area (Å²) in [6.07, 6.45) is 6.04. The van der Waals surface area contributed by atoms with Gasteiger partial charge in [0.05, 0.1) is 0 Å². The van der Waals surface area contributed by atoms with E-state index in [2.05, 4.69) is 41.4 Å². The maximum Gasteiger partial charge on any atom is 0.134 e. The third-order valence-electron chi connectivity index (χ3n) is 3.01. The van der Waals surface area contributed by atoms with Crippen molar-refractivity contribution >= 4 is 11.6 Å². The Hall–Kier alpha value is -1.32. The molecule has 0 aliphatic heterocycles. The average Bonchev–Trinajstić information content (AvgIpc) is 2.37. The van der Waals surface area contributed by atoms with Gasteiger partial charge in [0, 0.05) is 18.7 Å². The predicted molar refractivity (Wildman–Crippen MR) is 73.6 cm³/mol. The summed E-state index contributed by atoms with van der Waals surface area (Å²) >= 11 is 0. The lowest BCUT2D eigenvalue weighted by Gasteiger charge is -2.19. The number of nitrogens with zero attached hydrogens (tertiary/aromatic N) is 2. The van der Waals surface area contributed by atoms with Gasteiger partial charge in [-0.3, -0.25) is 0 Å². The highest BCUT2D eigenvalue weighted by Gasteiger charge is 2.12. The summed E-state index contributed by atoms with van der Waals surface area (Å²) in [7, 11) is 1.90. The summed E-state index contributed by atoms with van der Waals surface area (Å²) in [6, 6.07) is 0.505. The van der Waals surface area contributed by atoms with Gasteiger partial charge in [0.2, 0.25) is 0 Å². The van der Waals surface area contributed by atoms with Crippen LogP contribution >= 0.6 is 0 Å². The maximum atomic E-state index is 4.37. The van der Waals surface area contributed by atoms with Gasteiger partial charge >= 0.3 is 0 Å². The van der Waals surface area contributed by atoms with Gasteiger partial charge in [0.15, 0.2) is 0 Å². The summed E-state index contributed by atoms with van der Waals surface area (Å²) in [5.74, 6) is 1.91. The van der Waals surface area contributed by atoms with Gasteiger partial charge in [-0.25, -0.2) is 9.97 Å². The van der Waals surface area contributed by atoms with Crippen LogP contribution in [0.4, 0.5) is 11.6 Å². The molecule has 1 heterocycles. The highest BCUT2D eigenvalue weighted by atomic mass is 15.1. The van der Waals surface area contributed by atoms with Gasteiger partial charge < -0.3 is 10.6 Å². The SMILES string of the molecule is CCCC(CC)Nc1ncnc(NC)c1CC. The number of hydrogen-bond acceptors (Lipinski definition) is 4. The maximum absolute atomic E-state index is 4.37. The van der Waals surface area contributed by atoms with Crippen molar-refractivity contribution in [3.63, 3.8) is 0 Å². The first-order valence-corrected chi connectivity index (χ1v) is 6.54. The second-order valence-corrected chi connectivity index (χ2v) is 4.19. The third kappa shape index (κ3) is 3.58. The molecule has 2 N–H and O–H groups in total. The molecule has 1 aromatic rings. The van der Waals surface area contributed by atoms with Crippen LogP contribution in [0.5, 0.6) is 0 Å². The fourth-order valence-corrected chi connectivity index (χ4v) is 2.01. The Morgan fingerprint density at radius 2 is 1.88 bits per heavy atom. The van der Waals surface area contributed by atoms with Crippen molar-refractivity contribution in [2.45, 2.75) is 52.5 Å². The van der Waals surface area contributed by atoms with Gasteiger partial charge in [-0.15, -0.1) is 0 Å². The van der Waals surface area contributed by atoms with Crippen LogP contribution in [0.15, 0.2) is 6.33 Å². The summed E-state index contributed by atoms with van der Waals surface area (Å²) in [4.78, 5) is 8.61. The highest BCUT2D eigenvalue weighted by Crippen LogP contribution is 2.21. The molecular weight excluding hydrogens is 212 g/mol. The molecule has 0 fully saturated rings. The second-order valence-electron chi connectivity index (χ2n) is 4.19. The van der Waals surface area contributed by atoms with E-state index >= 15 is 0 Å². The Morgan fingerprint density at radius 3 is 2.41 bits per heavy atom. The van der Waals surface area contributed by atoms with E-state index < -0.39 is 0 Å². The largest absolute Gasteiger partial charge is 0.373 e. The molecule has 1 atom stereocenters. The summed E-state index contributed by atoms with van der Waals surface area (Å²) in [6.45, 7) is 6.55. The van der Waals surface area contributed by atoms with Crippen LogP contribution in [0, 0.1) is 0 Å².